The first kappa shape index (κ1) is 9.67. The Labute approximate surface area is 91.8 Å². The molecule has 2 amide bonds. The number of fused-ring (bicyclic) bond motifs is 3. The third kappa shape index (κ3) is 0.923. The van der Waals surface area contributed by atoms with Gasteiger partial charge < -0.3 is 9.80 Å². The third-order valence-corrected chi connectivity index (χ3v) is 3.69. The van der Waals surface area contributed by atoms with Crippen molar-refractivity contribution >= 4 is 46.0 Å². The molecule has 0 saturated carbocycles. The maximum absolute atomic E-state index is 11.7. The van der Waals surface area contributed by atoms with Gasteiger partial charge in [-0.1, -0.05) is 24.4 Å². The molecule has 3 heterocycles. The number of piperidine rings is 2. The molecule has 4 nitrogen and oxygen atoms in total. The molecule has 3 fully saturated rings. The number of likely N-dealkylation sites (N-methyl/N-ethyl adjacent to an activating group) is 2. The van der Waals surface area contributed by atoms with Crippen LogP contribution >= 0.6 is 24.4 Å². The molecule has 0 aliphatic carbocycles. The molecule has 0 aromatic rings. The van der Waals surface area contributed by atoms with E-state index in [1.807, 2.05) is 0 Å². The van der Waals surface area contributed by atoms with Crippen LogP contribution in [0.25, 0.3) is 0 Å². The average molecular weight is 228 g/mol. The molecule has 0 radical (unpaired) electrons. The molecule has 6 heteroatoms. The van der Waals surface area contributed by atoms with Crippen molar-refractivity contribution in [2.45, 2.75) is 12.1 Å². The fraction of sp³-hybridized carbons (Fsp3) is 0.500. The Morgan fingerprint density at radius 2 is 1.21 bits per heavy atom. The van der Waals surface area contributed by atoms with Crippen LogP contribution in [0.2, 0.25) is 0 Å². The van der Waals surface area contributed by atoms with Gasteiger partial charge in [0.05, 0.1) is 9.73 Å². The normalized spacial score (nSPS) is 31.9. The topological polar surface area (TPSA) is 40.6 Å². The van der Waals surface area contributed by atoms with Crippen molar-refractivity contribution in [1.82, 2.24) is 9.80 Å². The predicted molar refractivity (Wildman–Crippen MR) is 58.3 cm³/mol. The second-order valence-corrected chi connectivity index (χ2v) is 4.31. The summed E-state index contributed by atoms with van der Waals surface area (Å²) < 4.78 is 0. The molecule has 3 aliphatic rings. The van der Waals surface area contributed by atoms with E-state index in [2.05, 4.69) is 0 Å². The van der Waals surface area contributed by atoms with E-state index in [-0.39, 0.29) is 11.8 Å². The SMILES string of the molecule is CN1C(=O)C2C(=S)C(=S)C1C(=O)N2C. The lowest BCUT2D eigenvalue weighted by atomic mass is 9.90. The number of hydrogen-bond acceptors (Lipinski definition) is 4. The van der Waals surface area contributed by atoms with Crippen LogP contribution in [0, 0.1) is 0 Å². The zero-order valence-corrected chi connectivity index (χ0v) is 9.32. The zero-order valence-electron chi connectivity index (χ0n) is 7.68. The smallest absolute Gasteiger partial charge is 0.251 e. The zero-order chi connectivity index (χ0) is 10.6. The number of thiocarbonyl (C=S) groups is 2. The van der Waals surface area contributed by atoms with E-state index in [1.54, 1.807) is 14.1 Å². The number of piperazine rings is 1. The van der Waals surface area contributed by atoms with Gasteiger partial charge in [-0.05, 0) is 0 Å². The predicted octanol–water partition coefficient (Wildman–Crippen LogP) is -0.593. The molecule has 3 rings (SSSR count). The molecule has 0 aromatic carbocycles. The molecular formula is C8H8N2O2S2. The first-order valence-corrected chi connectivity index (χ1v) is 4.90. The Morgan fingerprint density at radius 3 is 1.50 bits per heavy atom. The summed E-state index contributed by atoms with van der Waals surface area (Å²) in [7, 11) is 3.16. The minimum Gasteiger partial charge on any atom is -0.327 e. The minimum atomic E-state index is -0.653. The van der Waals surface area contributed by atoms with Crippen molar-refractivity contribution in [3.63, 3.8) is 0 Å². The summed E-state index contributed by atoms with van der Waals surface area (Å²) in [5.74, 6) is -0.286. The fourth-order valence-corrected chi connectivity index (χ4v) is 2.56. The molecule has 0 aromatic heterocycles. The third-order valence-electron chi connectivity index (χ3n) is 2.68. The van der Waals surface area contributed by atoms with Gasteiger partial charge in [0.15, 0.2) is 0 Å². The maximum Gasteiger partial charge on any atom is 0.251 e. The lowest BCUT2D eigenvalue weighted by Crippen LogP contribution is -2.73. The Kier molecular flexibility index (Phi) is 1.94. The van der Waals surface area contributed by atoms with E-state index in [9.17, 15) is 9.59 Å². The van der Waals surface area contributed by atoms with E-state index in [1.165, 1.54) is 9.80 Å². The quantitative estimate of drug-likeness (QED) is 0.520. The number of nitrogens with zero attached hydrogens (tertiary/aromatic N) is 2. The fourth-order valence-electron chi connectivity index (χ4n) is 1.82. The van der Waals surface area contributed by atoms with Crippen molar-refractivity contribution < 1.29 is 9.59 Å². The van der Waals surface area contributed by atoms with Crippen LogP contribution in [-0.4, -0.2) is 57.5 Å². The monoisotopic (exact) mass is 228 g/mol. The molecule has 3 aliphatic heterocycles. The highest BCUT2D eigenvalue weighted by Gasteiger charge is 2.53. The van der Waals surface area contributed by atoms with Crippen molar-refractivity contribution in [3.05, 3.63) is 0 Å². The van der Waals surface area contributed by atoms with E-state index in [0.717, 1.165) is 0 Å². The average Bonchev–Trinajstić information content (AvgIpc) is 2.12. The van der Waals surface area contributed by atoms with Gasteiger partial charge in [0.1, 0.15) is 12.1 Å². The van der Waals surface area contributed by atoms with Gasteiger partial charge in [-0.3, -0.25) is 9.59 Å². The summed E-state index contributed by atoms with van der Waals surface area (Å²) >= 11 is 10.1. The maximum atomic E-state index is 11.7. The van der Waals surface area contributed by atoms with Crippen LogP contribution in [-0.2, 0) is 9.59 Å². The Balaban J connectivity index is 2.55. The van der Waals surface area contributed by atoms with Gasteiger partial charge in [0.2, 0.25) is 0 Å². The summed E-state index contributed by atoms with van der Waals surface area (Å²) in [5, 5.41) is 0. The first-order valence-electron chi connectivity index (χ1n) is 4.08. The van der Waals surface area contributed by atoms with Gasteiger partial charge >= 0.3 is 0 Å². The summed E-state index contributed by atoms with van der Waals surface area (Å²) in [6, 6.07) is -1.31. The second kappa shape index (κ2) is 2.80. The summed E-state index contributed by atoms with van der Waals surface area (Å²) in [4.78, 5) is 27.0. The molecule has 0 N–H and O–H groups in total. The first-order chi connectivity index (χ1) is 6.46. The van der Waals surface area contributed by atoms with Crippen molar-refractivity contribution in [2.24, 2.45) is 0 Å². The molecule has 74 valence electrons. The summed E-state index contributed by atoms with van der Waals surface area (Å²) in [5.41, 5.74) is 0. The molecule has 2 atom stereocenters. The molecule has 3 saturated heterocycles. The number of carbonyl (C=O) groups excluding carboxylic acids is 2. The van der Waals surface area contributed by atoms with Crippen LogP contribution in [0.4, 0.5) is 0 Å². The van der Waals surface area contributed by atoms with E-state index >= 15 is 0 Å². The van der Waals surface area contributed by atoms with Gasteiger partial charge in [-0.15, -0.1) is 0 Å². The second-order valence-electron chi connectivity index (χ2n) is 3.43. The van der Waals surface area contributed by atoms with Crippen LogP contribution in [0.5, 0.6) is 0 Å². The van der Waals surface area contributed by atoms with Gasteiger partial charge in [0, 0.05) is 14.1 Å². The van der Waals surface area contributed by atoms with Gasteiger partial charge in [0.25, 0.3) is 11.8 Å². The number of carbonyl (C=O) groups is 2. The highest BCUT2D eigenvalue weighted by Crippen LogP contribution is 2.25. The minimum absolute atomic E-state index is 0.143. The standard InChI is InChI=1S/C8H8N2O2S2/c1-9-3-5(13)6(14)4(7(9)11)10(2)8(3)12/h3-4H,1-2H3. The Morgan fingerprint density at radius 1 is 0.929 bits per heavy atom. The van der Waals surface area contributed by atoms with E-state index < -0.39 is 12.1 Å². The van der Waals surface area contributed by atoms with Crippen LogP contribution in [0.3, 0.4) is 0 Å². The lowest BCUT2D eigenvalue weighted by molar-refractivity contribution is -0.153. The van der Waals surface area contributed by atoms with Crippen molar-refractivity contribution in [3.8, 4) is 0 Å². The molecule has 2 bridgehead atoms. The highest BCUT2D eigenvalue weighted by molar-refractivity contribution is 7.89. The van der Waals surface area contributed by atoms with Gasteiger partial charge in [-0.2, -0.15) is 0 Å². The Bertz CT molecular complexity index is 344. The largest absolute Gasteiger partial charge is 0.327 e. The lowest BCUT2D eigenvalue weighted by Gasteiger charge is -2.47. The molecular weight excluding hydrogens is 220 g/mol. The summed E-state index contributed by atoms with van der Waals surface area (Å²) in [6.45, 7) is 0. The number of hydrogen-bond donors (Lipinski definition) is 0. The van der Waals surface area contributed by atoms with Gasteiger partial charge in [-0.25, -0.2) is 0 Å². The molecule has 0 spiro atoms. The number of rotatable bonds is 0. The Hall–Kier alpha value is -0.880. The van der Waals surface area contributed by atoms with E-state index in [0.29, 0.717) is 9.73 Å². The molecule has 14 heavy (non-hydrogen) atoms. The van der Waals surface area contributed by atoms with Crippen LogP contribution < -0.4 is 0 Å². The van der Waals surface area contributed by atoms with E-state index in [4.69, 9.17) is 24.4 Å². The highest BCUT2D eigenvalue weighted by atomic mass is 32.1. The summed E-state index contributed by atoms with van der Waals surface area (Å²) in [6.07, 6.45) is 0. The molecule has 2 unspecified atom stereocenters. The van der Waals surface area contributed by atoms with Crippen molar-refractivity contribution in [2.75, 3.05) is 14.1 Å². The van der Waals surface area contributed by atoms with Crippen LogP contribution in [0.1, 0.15) is 0 Å². The number of amides is 2. The van der Waals surface area contributed by atoms with Crippen LogP contribution in [0.15, 0.2) is 0 Å². The van der Waals surface area contributed by atoms with Crippen molar-refractivity contribution in [1.29, 1.82) is 0 Å².